The summed E-state index contributed by atoms with van der Waals surface area (Å²) in [6.45, 7) is 4.19. The normalized spacial score (nSPS) is 29.2. The molecule has 1 amide bonds. The van der Waals surface area contributed by atoms with E-state index in [0.29, 0.717) is 17.4 Å². The maximum absolute atomic E-state index is 13.6. The van der Waals surface area contributed by atoms with E-state index in [1.165, 1.54) is 25.2 Å². The van der Waals surface area contributed by atoms with Crippen LogP contribution in [0.25, 0.3) is 0 Å². The smallest absolute Gasteiger partial charge is 0.276 e. The Morgan fingerprint density at radius 2 is 2.10 bits per heavy atom. The summed E-state index contributed by atoms with van der Waals surface area (Å²) >= 11 is 6.53. The molecule has 3 atom stereocenters. The van der Waals surface area contributed by atoms with Crippen molar-refractivity contribution in [2.24, 2.45) is 28.5 Å². The van der Waals surface area contributed by atoms with Crippen molar-refractivity contribution in [3.05, 3.63) is 39.0 Å². The van der Waals surface area contributed by atoms with E-state index in [1.54, 1.807) is 4.57 Å². The average molecular weight is 432 g/mol. The third-order valence-corrected chi connectivity index (χ3v) is 7.43. The molecular formula is C22H30ClN5O2. The van der Waals surface area contributed by atoms with Crippen LogP contribution in [0.3, 0.4) is 0 Å². The van der Waals surface area contributed by atoms with E-state index in [9.17, 15) is 9.59 Å². The van der Waals surface area contributed by atoms with Gasteiger partial charge in [-0.25, -0.2) is 4.99 Å². The Labute approximate surface area is 181 Å². The van der Waals surface area contributed by atoms with Crippen LogP contribution < -0.4 is 21.9 Å². The van der Waals surface area contributed by atoms with Crippen LogP contribution in [0.1, 0.15) is 69.3 Å². The maximum atomic E-state index is 13.6. The number of fused-ring (bicyclic) bond motifs is 2. The van der Waals surface area contributed by atoms with Crippen LogP contribution in [0.2, 0.25) is 5.02 Å². The van der Waals surface area contributed by atoms with Crippen LogP contribution in [-0.2, 0) is 5.66 Å². The van der Waals surface area contributed by atoms with Gasteiger partial charge in [0.15, 0.2) is 0 Å². The highest BCUT2D eigenvalue weighted by molar-refractivity contribution is 6.34. The van der Waals surface area contributed by atoms with E-state index >= 15 is 0 Å². The summed E-state index contributed by atoms with van der Waals surface area (Å²) in [6.07, 6.45) is 10.6. The zero-order valence-corrected chi connectivity index (χ0v) is 18.3. The second-order valence-corrected chi connectivity index (χ2v) is 9.16. The van der Waals surface area contributed by atoms with Crippen molar-refractivity contribution in [2.75, 3.05) is 5.32 Å². The summed E-state index contributed by atoms with van der Waals surface area (Å²) in [4.78, 5) is 30.7. The minimum Gasteiger partial charge on any atom is -0.390 e. The van der Waals surface area contributed by atoms with E-state index in [-0.39, 0.29) is 34.0 Å². The van der Waals surface area contributed by atoms with Crippen LogP contribution in [0, 0.1) is 17.8 Å². The molecule has 8 heteroatoms. The number of hydrogen-bond acceptors (Lipinski definition) is 4. The first-order chi connectivity index (χ1) is 14.4. The summed E-state index contributed by atoms with van der Waals surface area (Å²) in [7, 11) is 0. The van der Waals surface area contributed by atoms with Gasteiger partial charge in [-0.2, -0.15) is 0 Å². The lowest BCUT2D eigenvalue weighted by Gasteiger charge is -2.37. The third-order valence-electron chi connectivity index (χ3n) is 7.14. The van der Waals surface area contributed by atoms with Crippen LogP contribution in [0.5, 0.6) is 0 Å². The van der Waals surface area contributed by atoms with Crippen molar-refractivity contribution in [3.63, 3.8) is 0 Å². The van der Waals surface area contributed by atoms with Gasteiger partial charge in [0, 0.05) is 5.92 Å². The number of pyridine rings is 1. The number of anilines is 1. The number of nitrogens with two attached hydrogens (primary N) is 1. The van der Waals surface area contributed by atoms with Crippen molar-refractivity contribution in [1.82, 2.24) is 9.88 Å². The zero-order valence-electron chi connectivity index (χ0n) is 17.6. The quantitative estimate of drug-likeness (QED) is 0.487. The maximum Gasteiger partial charge on any atom is 0.276 e. The molecule has 0 saturated heterocycles. The number of hydrogen-bond donors (Lipinski definition) is 3. The minimum absolute atomic E-state index is 0.132. The first-order valence-electron chi connectivity index (χ1n) is 10.9. The Morgan fingerprint density at radius 3 is 2.77 bits per heavy atom. The SMILES string of the molecule is CCC1CCC(C)C12NC(=O)c1c(Cl)cc(NC(=C/C3CCCC3)/N=C\N)c(=O)n12. The molecule has 4 N–H and O–H groups in total. The lowest BCUT2D eigenvalue weighted by atomic mass is 9.88. The van der Waals surface area contributed by atoms with Gasteiger partial charge in [-0.1, -0.05) is 38.3 Å². The summed E-state index contributed by atoms with van der Waals surface area (Å²) in [5.74, 6) is 0.982. The molecular weight excluding hydrogens is 402 g/mol. The molecule has 7 nitrogen and oxygen atoms in total. The van der Waals surface area contributed by atoms with Crippen LogP contribution in [-0.4, -0.2) is 16.8 Å². The molecule has 1 aliphatic heterocycles. The summed E-state index contributed by atoms with van der Waals surface area (Å²) in [5.41, 5.74) is 5.12. The second kappa shape index (κ2) is 8.10. The Morgan fingerprint density at radius 1 is 1.37 bits per heavy atom. The van der Waals surface area contributed by atoms with Gasteiger partial charge in [0.25, 0.3) is 11.5 Å². The molecule has 1 aromatic heterocycles. The van der Waals surface area contributed by atoms with Crippen LogP contribution >= 0.6 is 11.6 Å². The summed E-state index contributed by atoms with van der Waals surface area (Å²) < 4.78 is 1.62. The molecule has 1 spiro atoms. The number of aliphatic imine (C=N–C) groups is 1. The number of rotatable bonds is 5. The molecule has 0 radical (unpaired) electrons. The monoisotopic (exact) mass is 431 g/mol. The predicted molar refractivity (Wildman–Crippen MR) is 120 cm³/mol. The highest BCUT2D eigenvalue weighted by Crippen LogP contribution is 2.49. The van der Waals surface area contributed by atoms with Gasteiger partial charge in [-0.05, 0) is 56.1 Å². The van der Waals surface area contributed by atoms with Gasteiger partial charge in [0.1, 0.15) is 22.9 Å². The molecule has 3 unspecified atom stereocenters. The van der Waals surface area contributed by atoms with Gasteiger partial charge < -0.3 is 16.4 Å². The lowest BCUT2D eigenvalue weighted by Crippen LogP contribution is -2.53. The number of halogens is 1. The van der Waals surface area contributed by atoms with Crippen molar-refractivity contribution in [2.45, 2.75) is 64.5 Å². The molecule has 4 rings (SSSR count). The van der Waals surface area contributed by atoms with E-state index < -0.39 is 5.66 Å². The van der Waals surface area contributed by atoms with E-state index in [1.807, 2.05) is 6.08 Å². The average Bonchev–Trinajstić information content (AvgIpc) is 3.40. The number of amides is 1. The predicted octanol–water partition coefficient (Wildman–Crippen LogP) is 3.78. The molecule has 1 aromatic rings. The van der Waals surface area contributed by atoms with Crippen molar-refractivity contribution >= 4 is 29.5 Å². The highest BCUT2D eigenvalue weighted by Gasteiger charge is 2.56. The number of nitrogens with one attached hydrogen (secondary N) is 2. The molecule has 30 heavy (non-hydrogen) atoms. The fourth-order valence-corrected chi connectivity index (χ4v) is 5.93. The number of aromatic nitrogens is 1. The first-order valence-corrected chi connectivity index (χ1v) is 11.3. The number of allylic oxidation sites excluding steroid dienone is 1. The Hall–Kier alpha value is -2.28. The molecule has 162 valence electrons. The topological polar surface area (TPSA) is 102 Å². The van der Waals surface area contributed by atoms with Gasteiger partial charge >= 0.3 is 0 Å². The molecule has 2 saturated carbocycles. The fraction of sp³-hybridized carbons (Fsp3) is 0.591. The highest BCUT2D eigenvalue weighted by atomic mass is 35.5. The van der Waals surface area contributed by atoms with Gasteiger partial charge in [-0.15, -0.1) is 0 Å². The standard InChI is InChI=1S/C22H30ClN5O2/c1-3-15-9-8-13(2)22(15)27-20(29)19-16(23)11-17(21(30)28(19)22)26-18(25-12-24)10-14-6-4-5-7-14/h10-15,26H,3-9H2,1-2H3,(H2,24,25)(H,27,29)/b18-10+. The number of nitrogens with zero attached hydrogens (tertiary/aromatic N) is 2. The third kappa shape index (κ3) is 3.23. The van der Waals surface area contributed by atoms with Gasteiger partial charge in [0.2, 0.25) is 0 Å². The summed E-state index contributed by atoms with van der Waals surface area (Å²) in [6, 6.07) is 1.53. The zero-order chi connectivity index (χ0) is 21.5. The fourth-order valence-electron chi connectivity index (χ4n) is 5.65. The number of carbonyl (C=O) groups is 1. The van der Waals surface area contributed by atoms with Crippen molar-refractivity contribution < 1.29 is 4.79 Å². The lowest BCUT2D eigenvalue weighted by molar-refractivity contribution is 0.0793. The summed E-state index contributed by atoms with van der Waals surface area (Å²) in [5, 5.41) is 6.54. The second-order valence-electron chi connectivity index (χ2n) is 8.76. The molecule has 2 aliphatic carbocycles. The van der Waals surface area contributed by atoms with E-state index in [0.717, 1.165) is 32.1 Å². The Bertz CT molecular complexity index is 963. The van der Waals surface area contributed by atoms with Crippen LogP contribution in [0.15, 0.2) is 27.8 Å². The van der Waals surface area contributed by atoms with Crippen molar-refractivity contribution in [3.8, 4) is 0 Å². The number of carbonyl (C=O) groups excluding carboxylic acids is 1. The minimum atomic E-state index is -0.730. The van der Waals surface area contributed by atoms with Crippen LogP contribution in [0.4, 0.5) is 5.69 Å². The molecule has 3 aliphatic rings. The molecule has 2 fully saturated rings. The van der Waals surface area contributed by atoms with E-state index in [2.05, 4.69) is 29.5 Å². The van der Waals surface area contributed by atoms with Crippen molar-refractivity contribution in [1.29, 1.82) is 0 Å². The molecule has 0 bridgehead atoms. The van der Waals surface area contributed by atoms with E-state index in [4.69, 9.17) is 17.3 Å². The van der Waals surface area contributed by atoms with Gasteiger partial charge in [-0.3, -0.25) is 14.2 Å². The Kier molecular flexibility index (Phi) is 5.66. The first kappa shape index (κ1) is 21.0. The largest absolute Gasteiger partial charge is 0.390 e. The Balaban J connectivity index is 1.81. The van der Waals surface area contributed by atoms with Gasteiger partial charge in [0.05, 0.1) is 11.4 Å². The molecule has 0 aromatic carbocycles. The molecule has 2 heterocycles.